The number of hydrogen-bond donors (Lipinski definition) is 1. The molecule has 0 spiro atoms. The second-order valence-corrected chi connectivity index (χ2v) is 3.14. The Labute approximate surface area is 76.5 Å². The number of carbonyl (C=O) groups is 1. The molecule has 0 bridgehead atoms. The maximum absolute atomic E-state index is 10.9. The van der Waals surface area contributed by atoms with Crippen LogP contribution in [0.4, 0.5) is 0 Å². The molecule has 0 aliphatic carbocycles. The molecule has 1 aromatic rings. The zero-order valence-corrected chi connectivity index (χ0v) is 7.37. The molecular weight excluding hydrogens is 164 g/mol. The summed E-state index contributed by atoms with van der Waals surface area (Å²) in [6.45, 7) is 2.02. The third-order valence-electron chi connectivity index (χ3n) is 1.99. The fraction of sp³-hybridized carbons (Fsp3) is 0.200. The number of benzene rings is 1. The molecule has 66 valence electrons. The van der Waals surface area contributed by atoms with Crippen molar-refractivity contribution in [1.82, 2.24) is 5.43 Å². The van der Waals surface area contributed by atoms with Crippen molar-refractivity contribution in [3.8, 4) is 0 Å². The fourth-order valence-corrected chi connectivity index (χ4v) is 1.35. The molecule has 0 atom stereocenters. The summed E-state index contributed by atoms with van der Waals surface area (Å²) in [6, 6.07) is 7.98. The van der Waals surface area contributed by atoms with Crippen LogP contribution in [0, 0.1) is 6.92 Å². The number of amides is 1. The van der Waals surface area contributed by atoms with Gasteiger partial charge in [-0.2, -0.15) is 5.10 Å². The molecule has 1 aliphatic heterocycles. The number of hydrogen-bond acceptors (Lipinski definition) is 2. The second-order valence-electron chi connectivity index (χ2n) is 3.14. The molecule has 0 saturated heterocycles. The van der Waals surface area contributed by atoms with Gasteiger partial charge in [0.2, 0.25) is 5.91 Å². The first-order chi connectivity index (χ1) is 6.25. The van der Waals surface area contributed by atoms with E-state index in [0.29, 0.717) is 6.42 Å². The number of hydrazone groups is 1. The Kier molecular flexibility index (Phi) is 1.85. The number of nitrogens with zero attached hydrogens (tertiary/aromatic N) is 1. The molecule has 3 heteroatoms. The van der Waals surface area contributed by atoms with Crippen LogP contribution in [0.2, 0.25) is 0 Å². The fourth-order valence-electron chi connectivity index (χ4n) is 1.35. The van der Waals surface area contributed by atoms with Crippen molar-refractivity contribution < 1.29 is 4.79 Å². The number of aryl methyl sites for hydroxylation is 1. The number of carbonyl (C=O) groups excluding carboxylic acids is 1. The van der Waals surface area contributed by atoms with E-state index >= 15 is 0 Å². The first kappa shape index (κ1) is 7.98. The van der Waals surface area contributed by atoms with Crippen LogP contribution >= 0.6 is 0 Å². The van der Waals surface area contributed by atoms with Crippen LogP contribution in [0.3, 0.4) is 0 Å². The van der Waals surface area contributed by atoms with E-state index in [2.05, 4.69) is 10.5 Å². The van der Waals surface area contributed by atoms with Crippen molar-refractivity contribution in [1.29, 1.82) is 0 Å². The van der Waals surface area contributed by atoms with Gasteiger partial charge < -0.3 is 0 Å². The first-order valence-corrected chi connectivity index (χ1v) is 4.18. The van der Waals surface area contributed by atoms with E-state index in [9.17, 15) is 4.79 Å². The largest absolute Gasteiger partial charge is 0.273 e. The predicted octanol–water partition coefficient (Wildman–Crippen LogP) is 1.22. The summed E-state index contributed by atoms with van der Waals surface area (Å²) in [5.41, 5.74) is 5.47. The molecular formula is C10H10N2O. The summed E-state index contributed by atoms with van der Waals surface area (Å²) in [6.07, 6.45) is 0.392. The van der Waals surface area contributed by atoms with Crippen molar-refractivity contribution in [2.24, 2.45) is 5.10 Å². The lowest BCUT2D eigenvalue weighted by Crippen LogP contribution is -2.09. The smallest absolute Gasteiger partial charge is 0.246 e. The van der Waals surface area contributed by atoms with Gasteiger partial charge in [-0.05, 0) is 12.5 Å². The SMILES string of the molecule is Cc1cccc(C2=NNC(=O)C2)c1. The van der Waals surface area contributed by atoms with Crippen LogP contribution in [0.25, 0.3) is 0 Å². The molecule has 13 heavy (non-hydrogen) atoms. The second kappa shape index (κ2) is 3.01. The van der Waals surface area contributed by atoms with Crippen LogP contribution < -0.4 is 5.43 Å². The van der Waals surface area contributed by atoms with Crippen molar-refractivity contribution in [2.75, 3.05) is 0 Å². The molecule has 1 aliphatic rings. The Morgan fingerprint density at radius 1 is 1.46 bits per heavy atom. The Balaban J connectivity index is 2.31. The van der Waals surface area contributed by atoms with Gasteiger partial charge in [0.05, 0.1) is 12.1 Å². The molecule has 3 nitrogen and oxygen atoms in total. The highest BCUT2D eigenvalue weighted by Crippen LogP contribution is 2.10. The average molecular weight is 174 g/mol. The molecule has 0 fully saturated rings. The van der Waals surface area contributed by atoms with E-state index in [4.69, 9.17) is 0 Å². The summed E-state index contributed by atoms with van der Waals surface area (Å²) in [5, 5.41) is 3.95. The standard InChI is InChI=1S/C10H10N2O/c1-7-3-2-4-8(5-7)9-6-10(13)12-11-9/h2-5H,6H2,1H3,(H,12,13). The third-order valence-corrected chi connectivity index (χ3v) is 1.99. The molecule has 1 N–H and O–H groups in total. The van der Waals surface area contributed by atoms with Crippen LogP contribution in [-0.4, -0.2) is 11.6 Å². The van der Waals surface area contributed by atoms with Gasteiger partial charge >= 0.3 is 0 Å². The molecule has 2 rings (SSSR count). The van der Waals surface area contributed by atoms with E-state index in [1.807, 2.05) is 31.2 Å². The van der Waals surface area contributed by atoms with Crippen molar-refractivity contribution >= 4 is 11.6 Å². The van der Waals surface area contributed by atoms with Gasteiger partial charge in [0.15, 0.2) is 0 Å². The molecule has 1 aromatic carbocycles. The predicted molar refractivity (Wildman–Crippen MR) is 50.5 cm³/mol. The summed E-state index contributed by atoms with van der Waals surface area (Å²) in [4.78, 5) is 10.9. The number of nitrogens with one attached hydrogen (secondary N) is 1. The van der Waals surface area contributed by atoms with E-state index in [1.54, 1.807) is 0 Å². The topological polar surface area (TPSA) is 41.5 Å². The maximum Gasteiger partial charge on any atom is 0.246 e. The van der Waals surface area contributed by atoms with Crippen molar-refractivity contribution in [3.05, 3.63) is 35.4 Å². The van der Waals surface area contributed by atoms with Crippen LogP contribution in [0.15, 0.2) is 29.4 Å². The normalized spacial score (nSPS) is 15.5. The first-order valence-electron chi connectivity index (χ1n) is 4.18. The maximum atomic E-state index is 10.9. The van der Waals surface area contributed by atoms with Crippen LogP contribution in [-0.2, 0) is 4.79 Å². The Hall–Kier alpha value is -1.64. The van der Waals surface area contributed by atoms with E-state index in [-0.39, 0.29) is 5.91 Å². The summed E-state index contributed by atoms with van der Waals surface area (Å²) in [5.74, 6) is -0.0310. The van der Waals surface area contributed by atoms with Gasteiger partial charge in [0.1, 0.15) is 0 Å². The minimum absolute atomic E-state index is 0.0310. The molecule has 1 amide bonds. The number of rotatable bonds is 1. The molecule has 0 unspecified atom stereocenters. The van der Waals surface area contributed by atoms with Gasteiger partial charge in [-0.15, -0.1) is 0 Å². The van der Waals surface area contributed by atoms with Gasteiger partial charge in [-0.3, -0.25) is 4.79 Å². The Morgan fingerprint density at radius 2 is 2.31 bits per heavy atom. The van der Waals surface area contributed by atoms with Crippen LogP contribution in [0.1, 0.15) is 17.5 Å². The highest BCUT2D eigenvalue weighted by Gasteiger charge is 2.15. The third kappa shape index (κ3) is 1.59. The Morgan fingerprint density at radius 3 is 2.92 bits per heavy atom. The molecule has 0 radical (unpaired) electrons. The van der Waals surface area contributed by atoms with E-state index in [1.165, 1.54) is 5.56 Å². The summed E-state index contributed by atoms with van der Waals surface area (Å²) in [7, 11) is 0. The van der Waals surface area contributed by atoms with E-state index < -0.39 is 0 Å². The van der Waals surface area contributed by atoms with Gasteiger partial charge in [-0.25, -0.2) is 5.43 Å². The molecule has 0 aromatic heterocycles. The monoisotopic (exact) mass is 174 g/mol. The minimum atomic E-state index is -0.0310. The Bertz CT molecular complexity index is 382. The lowest BCUT2D eigenvalue weighted by Gasteiger charge is -1.98. The van der Waals surface area contributed by atoms with Crippen molar-refractivity contribution in [2.45, 2.75) is 13.3 Å². The molecule has 0 saturated carbocycles. The quantitative estimate of drug-likeness (QED) is 0.683. The van der Waals surface area contributed by atoms with E-state index in [0.717, 1.165) is 11.3 Å². The highest BCUT2D eigenvalue weighted by molar-refractivity contribution is 6.13. The lowest BCUT2D eigenvalue weighted by atomic mass is 10.1. The lowest BCUT2D eigenvalue weighted by molar-refractivity contribution is -0.119. The summed E-state index contributed by atoms with van der Waals surface area (Å²) < 4.78 is 0. The highest BCUT2D eigenvalue weighted by atomic mass is 16.2. The molecule has 1 heterocycles. The zero-order valence-electron chi connectivity index (χ0n) is 7.37. The minimum Gasteiger partial charge on any atom is -0.273 e. The van der Waals surface area contributed by atoms with Gasteiger partial charge in [-0.1, -0.05) is 29.8 Å². The van der Waals surface area contributed by atoms with Crippen LogP contribution in [0.5, 0.6) is 0 Å². The zero-order chi connectivity index (χ0) is 9.26. The summed E-state index contributed by atoms with van der Waals surface area (Å²) >= 11 is 0. The van der Waals surface area contributed by atoms with Gasteiger partial charge in [0, 0.05) is 0 Å². The van der Waals surface area contributed by atoms with Crippen molar-refractivity contribution in [3.63, 3.8) is 0 Å². The van der Waals surface area contributed by atoms with Gasteiger partial charge in [0.25, 0.3) is 0 Å². The average Bonchev–Trinajstić information content (AvgIpc) is 2.52.